The third-order valence-corrected chi connectivity index (χ3v) is 22.5. The molecule has 2 aromatic heterocycles. The Morgan fingerprint density at radius 3 is 1.11 bits per heavy atom. The second-order valence-electron chi connectivity index (χ2n) is 28.2. The molecular weight excluding hydrogens is 1310 g/mol. The Bertz CT molecular complexity index is 6510. The molecule has 3 aliphatic carbocycles. The van der Waals surface area contributed by atoms with Gasteiger partial charge in [-0.3, -0.25) is 0 Å². The first kappa shape index (κ1) is 62.4. The topological polar surface area (TPSA) is 77.3 Å². The maximum Gasteiger partial charge on any atom is 0.164 e. The number of hydrogen-bond donors (Lipinski definition) is 0. The van der Waals surface area contributed by atoms with Gasteiger partial charge >= 0.3 is 0 Å². The smallest absolute Gasteiger partial charge is 0.164 e. The van der Waals surface area contributed by atoms with Crippen LogP contribution in [-0.4, -0.2) is 29.9 Å². The quantitative estimate of drug-likeness (QED) is 0.121. The van der Waals surface area contributed by atoms with Crippen molar-refractivity contribution in [3.63, 3.8) is 0 Å². The summed E-state index contributed by atoms with van der Waals surface area (Å²) < 4.78 is 0. The van der Waals surface area contributed by atoms with Gasteiger partial charge in [0.05, 0.1) is 10.8 Å². The highest BCUT2D eigenvalue weighted by molar-refractivity contribution is 6.06. The Morgan fingerprint density at radius 2 is 0.528 bits per heavy atom. The molecule has 0 saturated heterocycles. The summed E-state index contributed by atoms with van der Waals surface area (Å²) in [5.41, 5.74) is 30.1. The molecule has 108 heavy (non-hydrogen) atoms. The predicted octanol–water partition coefficient (Wildman–Crippen LogP) is 24.6. The van der Waals surface area contributed by atoms with Crippen LogP contribution in [0.2, 0.25) is 0 Å². The van der Waals surface area contributed by atoms with Crippen molar-refractivity contribution in [2.45, 2.75) is 10.8 Å². The minimum atomic E-state index is -0.546. The first-order chi connectivity index (χ1) is 53.5. The summed E-state index contributed by atoms with van der Waals surface area (Å²) in [6.45, 7) is 0. The first-order valence-electron chi connectivity index (χ1n) is 36.9. The van der Waals surface area contributed by atoms with E-state index in [1.54, 1.807) is 0 Å². The number of benzene rings is 16. The fraction of sp³-hybridized carbons (Fsp3) is 0.0196. The molecule has 0 radical (unpaired) electrons. The van der Waals surface area contributed by atoms with Gasteiger partial charge in [-0.15, -0.1) is 0 Å². The van der Waals surface area contributed by atoms with Crippen LogP contribution in [0.15, 0.2) is 388 Å². The summed E-state index contributed by atoms with van der Waals surface area (Å²) in [6.07, 6.45) is 0. The minimum Gasteiger partial charge on any atom is -0.208 e. The van der Waals surface area contributed by atoms with Crippen LogP contribution in [0.3, 0.4) is 0 Å². The molecular formula is C102H64N6. The molecule has 0 unspecified atom stereocenters. The minimum absolute atomic E-state index is 0.526. The van der Waals surface area contributed by atoms with Gasteiger partial charge in [-0.1, -0.05) is 358 Å². The number of rotatable bonds is 12. The molecule has 502 valence electrons. The molecule has 0 N–H and O–H groups in total. The third-order valence-electron chi connectivity index (χ3n) is 22.5. The highest BCUT2D eigenvalue weighted by Crippen LogP contribution is 2.64. The number of fused-ring (bicyclic) bond motifs is 14. The van der Waals surface area contributed by atoms with Crippen molar-refractivity contribution < 1.29 is 0 Å². The lowest BCUT2D eigenvalue weighted by molar-refractivity contribution is 0.768. The summed E-state index contributed by atoms with van der Waals surface area (Å²) in [4.78, 5) is 32.9. The van der Waals surface area contributed by atoms with E-state index in [2.05, 4.69) is 352 Å². The fourth-order valence-corrected chi connectivity index (χ4v) is 17.9. The predicted molar refractivity (Wildman–Crippen MR) is 439 cm³/mol. The van der Waals surface area contributed by atoms with E-state index in [1.807, 2.05) is 36.4 Å². The zero-order chi connectivity index (χ0) is 71.3. The SMILES string of the molecule is c1ccc(-c2nc(-c3cccc(-c4cccc5c4-c4ccccc4C5(c4ccccc4)c4ccccc4)c3)nc(-c3cc(-c4cccc(-c5nc(-c6ccccc6)nc(-c6ccc7ccccc7c6-c6ccc7c(c6)C6(c8ccccc8-c8ccccc86)c6ccccc6-7)n5)c4)ccc3-c3ccccc3)n2)cc1. The second-order valence-corrected chi connectivity index (χ2v) is 28.2. The maximum atomic E-state index is 5.59. The van der Waals surface area contributed by atoms with E-state index in [1.165, 1.54) is 77.9 Å². The van der Waals surface area contributed by atoms with Gasteiger partial charge in [-0.05, 0) is 158 Å². The number of aromatic nitrogens is 6. The molecule has 3 aliphatic rings. The van der Waals surface area contributed by atoms with E-state index >= 15 is 0 Å². The van der Waals surface area contributed by atoms with Crippen molar-refractivity contribution in [2.24, 2.45) is 0 Å². The van der Waals surface area contributed by atoms with Crippen molar-refractivity contribution in [3.05, 3.63) is 433 Å². The monoisotopic (exact) mass is 1370 g/mol. The molecule has 0 fully saturated rings. The van der Waals surface area contributed by atoms with Gasteiger partial charge in [0.1, 0.15) is 0 Å². The summed E-state index contributed by atoms with van der Waals surface area (Å²) in [7, 11) is 0. The van der Waals surface area contributed by atoms with Gasteiger partial charge in [-0.2, -0.15) is 0 Å². The van der Waals surface area contributed by atoms with Gasteiger partial charge in [0.25, 0.3) is 0 Å². The van der Waals surface area contributed by atoms with Crippen molar-refractivity contribution >= 4 is 10.8 Å². The van der Waals surface area contributed by atoms with Gasteiger partial charge < -0.3 is 0 Å². The standard InChI is InChI=1S/C102H64N6/c1-6-29-65(30-7-1)77-58-56-70(63-86(77)100-106-96(68-34-10-3-11-35-68)104-98(108-100)74-39-27-37-71(62-74)79-49-28-54-91-94(79)84-48-21-25-53-90(84)101(91,75-40-12-4-13-41-75)76-42-14-5-15-43-76)69-36-26-38-73(61-69)97-103-95(67-32-8-2-9-33-67)105-99(107-97)85-60-55-66-31-16-17-44-78(66)93(85)72-57-59-83-82-47-20-24-52-89(82)102(92(83)64-72)87-50-22-18-45-80(87)81-46-19-23-51-88(81)102/h1-64H. The average Bonchev–Trinajstić information content (AvgIpc) is 1.51. The Morgan fingerprint density at radius 1 is 0.157 bits per heavy atom. The average molecular weight is 1370 g/mol. The molecule has 16 aromatic carbocycles. The van der Waals surface area contributed by atoms with E-state index in [0.29, 0.717) is 34.9 Å². The molecule has 6 heteroatoms. The molecule has 1 spiro atoms. The highest BCUT2D eigenvalue weighted by atomic mass is 15.0. The lowest BCUT2D eigenvalue weighted by Gasteiger charge is -2.34. The Balaban J connectivity index is 0.705. The van der Waals surface area contributed by atoms with E-state index in [4.69, 9.17) is 29.9 Å². The molecule has 21 rings (SSSR count). The second kappa shape index (κ2) is 25.3. The lowest BCUT2D eigenvalue weighted by atomic mass is 9.67. The van der Waals surface area contributed by atoms with Crippen molar-refractivity contribution in [2.75, 3.05) is 0 Å². The van der Waals surface area contributed by atoms with E-state index in [0.717, 1.165) is 88.7 Å². The van der Waals surface area contributed by atoms with Crippen LogP contribution in [-0.2, 0) is 10.8 Å². The molecule has 0 saturated carbocycles. The van der Waals surface area contributed by atoms with Gasteiger partial charge in [0.15, 0.2) is 34.9 Å². The molecule has 18 aromatic rings. The van der Waals surface area contributed by atoms with Crippen LogP contribution in [0.5, 0.6) is 0 Å². The zero-order valence-corrected chi connectivity index (χ0v) is 58.6. The van der Waals surface area contributed by atoms with Crippen LogP contribution >= 0.6 is 0 Å². The molecule has 2 heterocycles. The van der Waals surface area contributed by atoms with Crippen LogP contribution in [0.1, 0.15) is 44.5 Å². The first-order valence-corrected chi connectivity index (χ1v) is 36.9. The van der Waals surface area contributed by atoms with Crippen LogP contribution in [0, 0.1) is 0 Å². The summed E-state index contributed by atoms with van der Waals surface area (Å²) >= 11 is 0. The molecule has 0 aliphatic heterocycles. The normalized spacial score (nSPS) is 13.0. The highest BCUT2D eigenvalue weighted by Gasteiger charge is 2.52. The van der Waals surface area contributed by atoms with Crippen LogP contribution in [0.4, 0.5) is 0 Å². The molecule has 0 amide bonds. The Kier molecular flexibility index (Phi) is 14.6. The van der Waals surface area contributed by atoms with Crippen molar-refractivity contribution in [3.8, 4) is 146 Å². The number of nitrogens with zero attached hydrogens (tertiary/aromatic N) is 6. The zero-order valence-electron chi connectivity index (χ0n) is 58.6. The van der Waals surface area contributed by atoms with E-state index in [9.17, 15) is 0 Å². The molecule has 6 nitrogen and oxygen atoms in total. The third kappa shape index (κ3) is 9.81. The number of hydrogen-bond acceptors (Lipinski definition) is 6. The largest absolute Gasteiger partial charge is 0.208 e. The Hall–Kier alpha value is -14.2. The van der Waals surface area contributed by atoms with Crippen molar-refractivity contribution in [1.82, 2.24) is 29.9 Å². The maximum absolute atomic E-state index is 5.59. The molecule has 0 atom stereocenters. The fourth-order valence-electron chi connectivity index (χ4n) is 17.9. The summed E-state index contributed by atoms with van der Waals surface area (Å²) in [5, 5.41) is 2.23. The van der Waals surface area contributed by atoms with E-state index < -0.39 is 10.8 Å². The summed E-state index contributed by atoms with van der Waals surface area (Å²) in [5.74, 6) is 3.39. The van der Waals surface area contributed by atoms with Crippen molar-refractivity contribution in [1.29, 1.82) is 0 Å². The molecule has 0 bridgehead atoms. The summed E-state index contributed by atoms with van der Waals surface area (Å²) in [6, 6.07) is 140. The van der Waals surface area contributed by atoms with Gasteiger partial charge in [-0.25, -0.2) is 29.9 Å². The van der Waals surface area contributed by atoms with E-state index in [-0.39, 0.29) is 0 Å². The van der Waals surface area contributed by atoms with Gasteiger partial charge in [0, 0.05) is 38.9 Å². The van der Waals surface area contributed by atoms with Crippen LogP contribution in [0.25, 0.3) is 157 Å². The Labute approximate surface area is 626 Å². The van der Waals surface area contributed by atoms with Gasteiger partial charge in [0.2, 0.25) is 0 Å². The van der Waals surface area contributed by atoms with Crippen LogP contribution < -0.4 is 0 Å². The lowest BCUT2D eigenvalue weighted by Crippen LogP contribution is -2.28.